The Morgan fingerprint density at radius 2 is 1.83 bits per heavy atom. The number of pyridine rings is 1. The topological polar surface area (TPSA) is 98.4 Å². The second kappa shape index (κ2) is 7.89. The Hall–Kier alpha value is -4.07. The van der Waals surface area contributed by atoms with Crippen LogP contribution in [0.25, 0.3) is 22.2 Å². The van der Waals surface area contributed by atoms with Gasteiger partial charge in [-0.1, -0.05) is 24.3 Å². The van der Waals surface area contributed by atoms with Gasteiger partial charge in [-0.2, -0.15) is 0 Å². The molecule has 0 unspecified atom stereocenters. The summed E-state index contributed by atoms with van der Waals surface area (Å²) in [5.41, 5.74) is 3.23. The standard InChI is InChI=1S/C21H18N4O4/c1-27-18-11-14(12-22-19(18)28-2)13-8-9-16-17(10-13)24-20(23-16)25-21(26)29-15-6-4-3-5-7-15/h3-12H,1-2H3,(H2,23,24,25,26). The van der Waals surface area contributed by atoms with Gasteiger partial charge in [0.25, 0.3) is 5.88 Å². The van der Waals surface area contributed by atoms with Crippen LogP contribution < -0.4 is 19.5 Å². The molecule has 2 aromatic carbocycles. The van der Waals surface area contributed by atoms with Gasteiger partial charge in [0.05, 0.1) is 25.3 Å². The number of carbonyl (C=O) groups excluding carboxylic acids is 1. The Balaban J connectivity index is 1.55. The van der Waals surface area contributed by atoms with Crippen LogP contribution in [0.15, 0.2) is 60.8 Å². The van der Waals surface area contributed by atoms with E-state index in [0.29, 0.717) is 28.8 Å². The number of ether oxygens (including phenoxy) is 3. The monoisotopic (exact) mass is 390 g/mol. The molecule has 8 nitrogen and oxygen atoms in total. The Morgan fingerprint density at radius 3 is 2.59 bits per heavy atom. The second-order valence-electron chi connectivity index (χ2n) is 6.08. The average Bonchev–Trinajstić information content (AvgIpc) is 3.15. The smallest absolute Gasteiger partial charge is 0.419 e. The number of nitrogens with zero attached hydrogens (tertiary/aromatic N) is 2. The number of hydrogen-bond acceptors (Lipinski definition) is 6. The van der Waals surface area contributed by atoms with Gasteiger partial charge in [-0.15, -0.1) is 0 Å². The molecule has 0 aliphatic rings. The van der Waals surface area contributed by atoms with Crippen molar-refractivity contribution in [1.29, 1.82) is 0 Å². The molecular formula is C21H18N4O4. The molecule has 0 radical (unpaired) electrons. The van der Waals surface area contributed by atoms with Crippen LogP contribution in [0.2, 0.25) is 0 Å². The fraction of sp³-hybridized carbons (Fsp3) is 0.0952. The molecule has 1 amide bonds. The molecule has 146 valence electrons. The summed E-state index contributed by atoms with van der Waals surface area (Å²) in [6.07, 6.45) is 1.08. The summed E-state index contributed by atoms with van der Waals surface area (Å²) in [5.74, 6) is 1.70. The van der Waals surface area contributed by atoms with E-state index in [4.69, 9.17) is 14.2 Å². The number of aromatic nitrogens is 3. The van der Waals surface area contributed by atoms with Crippen LogP contribution in [-0.4, -0.2) is 35.3 Å². The van der Waals surface area contributed by atoms with Gasteiger partial charge in [-0.25, -0.2) is 14.8 Å². The van der Waals surface area contributed by atoms with Crippen molar-refractivity contribution in [1.82, 2.24) is 15.0 Å². The maximum absolute atomic E-state index is 12.1. The Morgan fingerprint density at radius 1 is 1.00 bits per heavy atom. The number of rotatable bonds is 5. The average molecular weight is 390 g/mol. The van der Waals surface area contributed by atoms with Gasteiger partial charge in [0.1, 0.15) is 5.75 Å². The van der Waals surface area contributed by atoms with Gasteiger partial charge in [0.15, 0.2) is 5.75 Å². The lowest BCUT2D eigenvalue weighted by molar-refractivity contribution is 0.215. The molecule has 29 heavy (non-hydrogen) atoms. The minimum absolute atomic E-state index is 0.295. The Bertz CT molecular complexity index is 1160. The summed E-state index contributed by atoms with van der Waals surface area (Å²) in [5, 5.41) is 2.60. The first kappa shape index (κ1) is 18.3. The molecule has 2 heterocycles. The van der Waals surface area contributed by atoms with E-state index >= 15 is 0 Å². The van der Waals surface area contributed by atoms with Crippen LogP contribution in [0.1, 0.15) is 0 Å². The zero-order valence-electron chi connectivity index (χ0n) is 15.8. The molecule has 0 fully saturated rings. The van der Waals surface area contributed by atoms with E-state index in [1.807, 2.05) is 30.3 Å². The number of aromatic amines is 1. The first-order valence-electron chi connectivity index (χ1n) is 8.78. The molecule has 0 spiro atoms. The van der Waals surface area contributed by atoms with Crippen molar-refractivity contribution in [2.45, 2.75) is 0 Å². The summed E-state index contributed by atoms with van der Waals surface area (Å²) in [6.45, 7) is 0. The number of fused-ring (bicyclic) bond motifs is 1. The van der Waals surface area contributed by atoms with Crippen molar-refractivity contribution < 1.29 is 19.0 Å². The van der Waals surface area contributed by atoms with Crippen molar-refractivity contribution in [3.05, 3.63) is 60.8 Å². The van der Waals surface area contributed by atoms with Crippen molar-refractivity contribution in [3.63, 3.8) is 0 Å². The molecule has 0 saturated carbocycles. The second-order valence-corrected chi connectivity index (χ2v) is 6.08. The highest BCUT2D eigenvalue weighted by Crippen LogP contribution is 2.31. The van der Waals surface area contributed by atoms with Gasteiger partial charge in [0, 0.05) is 11.8 Å². The minimum Gasteiger partial charge on any atom is -0.491 e. The molecule has 4 rings (SSSR count). The number of methoxy groups -OCH3 is 2. The van der Waals surface area contributed by atoms with Crippen LogP contribution in [-0.2, 0) is 0 Å². The SMILES string of the molecule is COc1cc(-c2ccc3nc(NC(=O)Oc4ccccc4)[nH]c3c2)cnc1OC. The van der Waals surface area contributed by atoms with E-state index in [9.17, 15) is 4.79 Å². The lowest BCUT2D eigenvalue weighted by atomic mass is 10.1. The molecule has 0 atom stereocenters. The maximum Gasteiger partial charge on any atom is 0.419 e. The van der Waals surface area contributed by atoms with E-state index in [0.717, 1.165) is 16.6 Å². The summed E-state index contributed by atoms with van der Waals surface area (Å²) >= 11 is 0. The summed E-state index contributed by atoms with van der Waals surface area (Å²) in [6, 6.07) is 16.3. The van der Waals surface area contributed by atoms with Crippen molar-refractivity contribution >= 4 is 23.1 Å². The van der Waals surface area contributed by atoms with Gasteiger partial charge in [0.2, 0.25) is 5.95 Å². The predicted octanol–water partition coefficient (Wildman–Crippen LogP) is 4.25. The van der Waals surface area contributed by atoms with Crippen molar-refractivity contribution in [2.75, 3.05) is 19.5 Å². The molecule has 8 heteroatoms. The highest BCUT2D eigenvalue weighted by atomic mass is 16.6. The quantitative estimate of drug-likeness (QED) is 0.529. The van der Waals surface area contributed by atoms with Crippen molar-refractivity contribution in [3.8, 4) is 28.5 Å². The summed E-state index contributed by atoms with van der Waals surface area (Å²) in [4.78, 5) is 23.7. The fourth-order valence-electron chi connectivity index (χ4n) is 2.86. The highest BCUT2D eigenvalue weighted by molar-refractivity contribution is 5.89. The number of amides is 1. The van der Waals surface area contributed by atoms with Gasteiger partial charge < -0.3 is 19.2 Å². The molecule has 0 bridgehead atoms. The lowest BCUT2D eigenvalue weighted by Crippen LogP contribution is -2.17. The van der Waals surface area contributed by atoms with Gasteiger partial charge in [-0.3, -0.25) is 5.32 Å². The third-order valence-corrected chi connectivity index (χ3v) is 4.22. The first-order valence-corrected chi connectivity index (χ1v) is 8.78. The maximum atomic E-state index is 12.1. The number of imidazole rings is 1. The fourth-order valence-corrected chi connectivity index (χ4v) is 2.86. The number of hydrogen-bond donors (Lipinski definition) is 2. The van der Waals surface area contributed by atoms with E-state index in [-0.39, 0.29) is 0 Å². The molecule has 0 aliphatic carbocycles. The molecule has 0 aliphatic heterocycles. The zero-order chi connectivity index (χ0) is 20.2. The van der Waals surface area contributed by atoms with Crippen LogP contribution in [0, 0.1) is 0 Å². The van der Waals surface area contributed by atoms with Crippen molar-refractivity contribution in [2.24, 2.45) is 0 Å². The van der Waals surface area contributed by atoms with Gasteiger partial charge in [-0.05, 0) is 35.9 Å². The molecular weight excluding hydrogens is 372 g/mol. The normalized spacial score (nSPS) is 10.6. The van der Waals surface area contributed by atoms with Crippen LogP contribution in [0.5, 0.6) is 17.4 Å². The van der Waals surface area contributed by atoms with Crippen LogP contribution >= 0.6 is 0 Å². The lowest BCUT2D eigenvalue weighted by Gasteiger charge is -2.08. The number of para-hydroxylation sites is 1. The van der Waals surface area contributed by atoms with Crippen LogP contribution in [0.3, 0.4) is 0 Å². The summed E-state index contributed by atoms with van der Waals surface area (Å²) in [7, 11) is 3.10. The largest absolute Gasteiger partial charge is 0.491 e. The molecule has 4 aromatic rings. The number of carbonyl (C=O) groups is 1. The Labute approximate surface area is 166 Å². The Kier molecular flexibility index (Phi) is 4.98. The molecule has 2 N–H and O–H groups in total. The van der Waals surface area contributed by atoms with E-state index < -0.39 is 6.09 Å². The molecule has 2 aromatic heterocycles. The third kappa shape index (κ3) is 3.96. The number of H-pyrrole nitrogens is 1. The number of anilines is 1. The number of benzene rings is 2. The minimum atomic E-state index is -0.625. The molecule has 0 saturated heterocycles. The van der Waals surface area contributed by atoms with E-state index in [1.165, 1.54) is 0 Å². The number of nitrogens with one attached hydrogen (secondary N) is 2. The first-order chi connectivity index (χ1) is 14.2. The highest BCUT2D eigenvalue weighted by Gasteiger charge is 2.12. The van der Waals surface area contributed by atoms with Crippen LogP contribution in [0.4, 0.5) is 10.7 Å². The third-order valence-electron chi connectivity index (χ3n) is 4.22. The summed E-state index contributed by atoms with van der Waals surface area (Å²) < 4.78 is 15.7. The van der Waals surface area contributed by atoms with Gasteiger partial charge >= 0.3 is 6.09 Å². The van der Waals surface area contributed by atoms with E-state index in [2.05, 4.69) is 20.3 Å². The predicted molar refractivity (Wildman–Crippen MR) is 109 cm³/mol. The zero-order valence-corrected chi connectivity index (χ0v) is 15.8. The van der Waals surface area contributed by atoms with E-state index in [1.54, 1.807) is 44.7 Å².